The Bertz CT molecular complexity index is 1160. The average molecular weight is 908 g/mol. The second-order valence-corrected chi connectivity index (χ2v) is 18.6. The van der Waals surface area contributed by atoms with Gasteiger partial charge >= 0.3 is 11.9 Å². The molecule has 0 radical (unpaired) electrons. The van der Waals surface area contributed by atoms with E-state index >= 15 is 0 Å². The Morgan fingerprint density at radius 3 is 1.00 bits per heavy atom. The molecule has 5 nitrogen and oxygen atoms in total. The van der Waals surface area contributed by atoms with E-state index in [0.717, 1.165) is 77.0 Å². The number of hydrogen-bond acceptors (Lipinski definition) is 5. The van der Waals surface area contributed by atoms with Gasteiger partial charge in [-0.05, 0) is 64.2 Å². The number of aliphatic hydroxyl groups is 1. The molecule has 0 bridgehead atoms. The van der Waals surface area contributed by atoms with Crippen LogP contribution in [-0.4, -0.2) is 36.4 Å². The predicted octanol–water partition coefficient (Wildman–Crippen LogP) is 18.8. The van der Waals surface area contributed by atoms with Gasteiger partial charge in [-0.1, -0.05) is 273 Å². The van der Waals surface area contributed by atoms with Gasteiger partial charge in [0, 0.05) is 12.8 Å². The smallest absolute Gasteiger partial charge is 0.306 e. The van der Waals surface area contributed by atoms with Gasteiger partial charge < -0.3 is 14.6 Å². The number of ether oxygens (including phenoxy) is 2. The topological polar surface area (TPSA) is 72.8 Å². The summed E-state index contributed by atoms with van der Waals surface area (Å²) in [5.74, 6) is -0.581. The molecule has 1 atom stereocenters. The number of unbranched alkanes of at least 4 members (excludes halogenated alkanes) is 31. The summed E-state index contributed by atoms with van der Waals surface area (Å²) in [5.41, 5.74) is 0. The van der Waals surface area contributed by atoms with Crippen LogP contribution in [0.3, 0.4) is 0 Å². The summed E-state index contributed by atoms with van der Waals surface area (Å²) < 4.78 is 10.6. The highest BCUT2D eigenvalue weighted by Crippen LogP contribution is 2.17. The van der Waals surface area contributed by atoms with Crippen molar-refractivity contribution in [3.05, 3.63) is 72.9 Å². The first-order chi connectivity index (χ1) is 32.1. The van der Waals surface area contributed by atoms with Crippen LogP contribution in [0.25, 0.3) is 0 Å². The van der Waals surface area contributed by atoms with Crippen molar-refractivity contribution in [2.75, 3.05) is 13.2 Å². The third-order valence-corrected chi connectivity index (χ3v) is 12.3. The number of allylic oxidation sites excluding steroid dienone is 12. The Morgan fingerprint density at radius 1 is 0.369 bits per heavy atom. The van der Waals surface area contributed by atoms with Crippen LogP contribution in [0.2, 0.25) is 0 Å². The van der Waals surface area contributed by atoms with Gasteiger partial charge in [-0.25, -0.2) is 0 Å². The summed E-state index contributed by atoms with van der Waals surface area (Å²) in [7, 11) is 0. The van der Waals surface area contributed by atoms with E-state index in [9.17, 15) is 14.7 Å². The van der Waals surface area contributed by atoms with Crippen LogP contribution in [-0.2, 0) is 19.1 Å². The summed E-state index contributed by atoms with van der Waals surface area (Å²) in [5, 5.41) is 9.59. The zero-order valence-electron chi connectivity index (χ0n) is 43.0. The van der Waals surface area contributed by atoms with Crippen molar-refractivity contribution < 1.29 is 24.2 Å². The Kier molecular flexibility index (Phi) is 53.4. The van der Waals surface area contributed by atoms with Gasteiger partial charge in [0.2, 0.25) is 0 Å². The predicted molar refractivity (Wildman–Crippen MR) is 283 cm³/mol. The quantitative estimate of drug-likeness (QED) is 0.0374. The summed E-state index contributed by atoms with van der Waals surface area (Å²) in [4.78, 5) is 24.3. The molecule has 0 aromatic carbocycles. The van der Waals surface area contributed by atoms with Gasteiger partial charge in [-0.3, -0.25) is 9.59 Å². The van der Waals surface area contributed by atoms with E-state index in [-0.39, 0.29) is 25.2 Å². The molecule has 1 N–H and O–H groups in total. The molecule has 0 aliphatic rings. The number of esters is 2. The number of aliphatic hydroxyl groups excluding tert-OH is 1. The van der Waals surface area contributed by atoms with E-state index in [1.807, 2.05) is 0 Å². The van der Waals surface area contributed by atoms with Crippen LogP contribution < -0.4 is 0 Å². The van der Waals surface area contributed by atoms with Crippen LogP contribution in [0.1, 0.15) is 277 Å². The standard InChI is InChI=1S/C60H106O5/c1-3-5-7-9-11-13-15-16-17-18-19-20-21-22-23-24-25-26-27-28-29-30-31-32-33-34-35-36-37-38-39-40-41-42-43-44-45-47-49-51-53-55-60(63)65-58(56-61)57-64-59(62)54-52-50-48-46-14-12-10-8-6-4-2/h5,7,11,13,16-17,19-20,22-23,25-26,58,61H,3-4,6,8-10,12,14-15,18,21,24,27-57H2,1-2H3/b7-5-,13-11-,17-16-,20-19-,23-22-,26-25-. The Morgan fingerprint density at radius 2 is 0.662 bits per heavy atom. The first-order valence-corrected chi connectivity index (χ1v) is 28.0. The molecule has 0 aromatic rings. The SMILES string of the molecule is CC/C=C\C/C=C\C/C=C\C/C=C\C/C=C\C/C=C\CCCCCCCCCCCCCCCCCCCCCCCCC(=O)OC(CO)COC(=O)CCCCCCCCCCCC. The van der Waals surface area contributed by atoms with E-state index in [4.69, 9.17) is 9.47 Å². The van der Waals surface area contributed by atoms with E-state index in [1.54, 1.807) is 0 Å². The molecule has 376 valence electrons. The van der Waals surface area contributed by atoms with Crippen LogP contribution in [0.5, 0.6) is 0 Å². The molecular formula is C60H106O5. The van der Waals surface area contributed by atoms with Crippen molar-refractivity contribution >= 4 is 11.9 Å². The highest BCUT2D eigenvalue weighted by atomic mass is 16.6. The molecule has 1 unspecified atom stereocenters. The third-order valence-electron chi connectivity index (χ3n) is 12.3. The molecular weight excluding hydrogens is 801 g/mol. The van der Waals surface area contributed by atoms with Gasteiger partial charge in [0.1, 0.15) is 6.61 Å². The van der Waals surface area contributed by atoms with E-state index in [0.29, 0.717) is 12.8 Å². The lowest BCUT2D eigenvalue weighted by Crippen LogP contribution is -2.28. The second-order valence-electron chi connectivity index (χ2n) is 18.6. The molecule has 5 heteroatoms. The van der Waals surface area contributed by atoms with Gasteiger partial charge in [0.25, 0.3) is 0 Å². The monoisotopic (exact) mass is 907 g/mol. The van der Waals surface area contributed by atoms with Crippen LogP contribution >= 0.6 is 0 Å². The van der Waals surface area contributed by atoms with Gasteiger partial charge in [-0.2, -0.15) is 0 Å². The van der Waals surface area contributed by atoms with Crippen molar-refractivity contribution in [3.63, 3.8) is 0 Å². The number of hydrogen-bond donors (Lipinski definition) is 1. The van der Waals surface area contributed by atoms with Gasteiger partial charge in [-0.15, -0.1) is 0 Å². The molecule has 0 amide bonds. The molecule has 65 heavy (non-hydrogen) atoms. The fourth-order valence-electron chi connectivity index (χ4n) is 8.09. The molecule has 0 heterocycles. The lowest BCUT2D eigenvalue weighted by Gasteiger charge is -2.15. The third kappa shape index (κ3) is 53.8. The van der Waals surface area contributed by atoms with Gasteiger partial charge in [0.05, 0.1) is 6.61 Å². The van der Waals surface area contributed by atoms with Crippen molar-refractivity contribution in [1.29, 1.82) is 0 Å². The minimum Gasteiger partial charge on any atom is -0.462 e. The summed E-state index contributed by atoms with van der Waals surface area (Å²) in [6.45, 7) is 4.03. The van der Waals surface area contributed by atoms with E-state index in [2.05, 4.69) is 86.8 Å². The maximum atomic E-state index is 12.2. The van der Waals surface area contributed by atoms with E-state index in [1.165, 1.54) is 173 Å². The van der Waals surface area contributed by atoms with Crippen molar-refractivity contribution in [2.45, 2.75) is 283 Å². The fourth-order valence-corrected chi connectivity index (χ4v) is 8.09. The molecule has 0 saturated heterocycles. The van der Waals surface area contributed by atoms with Crippen molar-refractivity contribution in [1.82, 2.24) is 0 Å². The highest BCUT2D eigenvalue weighted by molar-refractivity contribution is 5.70. The summed E-state index contributed by atoms with van der Waals surface area (Å²) >= 11 is 0. The number of rotatable bonds is 51. The first kappa shape index (κ1) is 62.3. The van der Waals surface area contributed by atoms with E-state index < -0.39 is 6.10 Å². The summed E-state index contributed by atoms with van der Waals surface area (Å²) in [6, 6.07) is 0. The molecule has 0 aliphatic heterocycles. The zero-order valence-corrected chi connectivity index (χ0v) is 43.0. The maximum absolute atomic E-state index is 12.2. The lowest BCUT2D eigenvalue weighted by molar-refractivity contribution is -0.161. The van der Waals surface area contributed by atoms with Crippen molar-refractivity contribution in [3.8, 4) is 0 Å². The minimum atomic E-state index is -0.767. The van der Waals surface area contributed by atoms with Crippen LogP contribution in [0.4, 0.5) is 0 Å². The van der Waals surface area contributed by atoms with Crippen molar-refractivity contribution in [2.24, 2.45) is 0 Å². The Labute approximate surface area is 403 Å². The molecule has 0 saturated carbocycles. The molecule has 0 spiro atoms. The second kappa shape index (κ2) is 55.7. The molecule has 0 rings (SSSR count). The normalized spacial score (nSPS) is 12.7. The Hall–Kier alpha value is -2.66. The van der Waals surface area contributed by atoms with Crippen LogP contribution in [0.15, 0.2) is 72.9 Å². The Balaban J connectivity index is 3.40. The summed E-state index contributed by atoms with van der Waals surface area (Å²) in [6.07, 6.45) is 76.2. The first-order valence-electron chi connectivity index (χ1n) is 28.0. The average Bonchev–Trinajstić information content (AvgIpc) is 3.31. The number of carbonyl (C=O) groups excluding carboxylic acids is 2. The number of carbonyl (C=O) groups is 2. The van der Waals surface area contributed by atoms with Gasteiger partial charge in [0.15, 0.2) is 6.10 Å². The molecule has 0 fully saturated rings. The minimum absolute atomic E-state index is 0.0616. The lowest BCUT2D eigenvalue weighted by atomic mass is 10.0. The molecule has 0 aromatic heterocycles. The zero-order chi connectivity index (χ0) is 47.0. The molecule has 0 aliphatic carbocycles. The maximum Gasteiger partial charge on any atom is 0.306 e. The fraction of sp³-hybridized carbons (Fsp3) is 0.767. The largest absolute Gasteiger partial charge is 0.462 e. The van der Waals surface area contributed by atoms with Crippen LogP contribution in [0, 0.1) is 0 Å². The highest BCUT2D eigenvalue weighted by Gasteiger charge is 2.16.